The molecule has 2 aromatic carbocycles. The highest BCUT2D eigenvalue weighted by molar-refractivity contribution is 5.95. The van der Waals surface area contributed by atoms with Crippen molar-refractivity contribution in [2.24, 2.45) is 17.4 Å². The Bertz CT molecular complexity index is 1120. The van der Waals surface area contributed by atoms with Crippen molar-refractivity contribution in [1.82, 2.24) is 4.98 Å². The van der Waals surface area contributed by atoms with Crippen LogP contribution in [0.3, 0.4) is 0 Å². The van der Waals surface area contributed by atoms with E-state index >= 15 is 0 Å². The first-order valence-electron chi connectivity index (χ1n) is 11.0. The number of carbonyl (C=O) groups is 1. The molecule has 1 heterocycles. The lowest BCUT2D eigenvalue weighted by Crippen LogP contribution is -2.16. The maximum atomic E-state index is 11.9. The van der Waals surface area contributed by atoms with Gasteiger partial charge in [-0.3, -0.25) is 9.78 Å². The summed E-state index contributed by atoms with van der Waals surface area (Å²) in [5, 5.41) is 0. The molecule has 1 amide bonds. The monoisotopic (exact) mass is 431 g/mol. The average molecular weight is 432 g/mol. The van der Waals surface area contributed by atoms with E-state index < -0.39 is 5.91 Å². The number of carbonyl (C=O) groups excluding carboxylic acids is 1. The van der Waals surface area contributed by atoms with Crippen molar-refractivity contribution >= 4 is 5.91 Å². The highest BCUT2D eigenvalue weighted by Crippen LogP contribution is 2.33. The quantitative estimate of drug-likeness (QED) is 0.524. The van der Waals surface area contributed by atoms with Crippen molar-refractivity contribution in [3.8, 4) is 16.9 Å². The molecule has 0 spiro atoms. The minimum Gasteiger partial charge on any atom is -0.488 e. The maximum Gasteiger partial charge on any atom is 0.252 e. The van der Waals surface area contributed by atoms with Crippen molar-refractivity contribution in [3.05, 3.63) is 81.7 Å². The van der Waals surface area contributed by atoms with E-state index in [4.69, 9.17) is 21.2 Å². The lowest BCUT2D eigenvalue weighted by molar-refractivity contribution is 0.0996. The number of nitrogens with two attached hydrogens (primary N) is 2. The number of benzene rings is 2. The van der Waals surface area contributed by atoms with E-state index in [0.29, 0.717) is 23.8 Å². The van der Waals surface area contributed by atoms with E-state index in [2.05, 4.69) is 45.0 Å². The van der Waals surface area contributed by atoms with Crippen LogP contribution < -0.4 is 16.2 Å². The molecule has 32 heavy (non-hydrogen) atoms. The second-order valence-electron chi connectivity index (χ2n) is 8.80. The first kappa shape index (κ1) is 23.5. The predicted octanol–water partition coefficient (Wildman–Crippen LogP) is 5.01. The molecule has 0 aliphatic carbocycles. The standard InChI is InChI=1S/C27H33N3O2/c1-16(2)12-24-22(14-28)26(20-9-6-17(3)7-10-20)23(19(5)30-24)15-32-25-11-8-18(4)13-21(25)27(29)31/h6-11,13,16H,12,14-15,28H2,1-5H3,(H2,29,31). The molecule has 0 aliphatic rings. The summed E-state index contributed by atoms with van der Waals surface area (Å²) in [7, 11) is 0. The van der Waals surface area contributed by atoms with Crippen LogP contribution in [0.5, 0.6) is 5.75 Å². The Morgan fingerprint density at radius 1 is 1.00 bits per heavy atom. The van der Waals surface area contributed by atoms with Gasteiger partial charge in [0.15, 0.2) is 0 Å². The van der Waals surface area contributed by atoms with Gasteiger partial charge >= 0.3 is 0 Å². The van der Waals surface area contributed by atoms with Gasteiger partial charge in [-0.1, -0.05) is 55.3 Å². The number of amides is 1. The molecular weight excluding hydrogens is 398 g/mol. The summed E-state index contributed by atoms with van der Waals surface area (Å²) in [5.41, 5.74) is 20.5. The van der Waals surface area contributed by atoms with Crippen LogP contribution in [0.4, 0.5) is 0 Å². The van der Waals surface area contributed by atoms with Crippen molar-refractivity contribution in [1.29, 1.82) is 0 Å². The fourth-order valence-corrected chi connectivity index (χ4v) is 3.98. The van der Waals surface area contributed by atoms with E-state index in [1.165, 1.54) is 5.56 Å². The fourth-order valence-electron chi connectivity index (χ4n) is 3.98. The predicted molar refractivity (Wildman–Crippen MR) is 130 cm³/mol. The average Bonchev–Trinajstić information content (AvgIpc) is 2.73. The summed E-state index contributed by atoms with van der Waals surface area (Å²) in [6.07, 6.45) is 0.858. The third-order valence-electron chi connectivity index (χ3n) is 5.61. The smallest absolute Gasteiger partial charge is 0.252 e. The number of nitrogens with zero attached hydrogens (tertiary/aromatic N) is 1. The Hall–Kier alpha value is -3.18. The van der Waals surface area contributed by atoms with Crippen LogP contribution in [0.2, 0.25) is 0 Å². The van der Waals surface area contributed by atoms with Gasteiger partial charge in [0.25, 0.3) is 5.91 Å². The molecule has 5 heteroatoms. The molecule has 0 unspecified atom stereocenters. The summed E-state index contributed by atoms with van der Waals surface area (Å²) in [4.78, 5) is 16.9. The zero-order valence-electron chi connectivity index (χ0n) is 19.7. The zero-order chi connectivity index (χ0) is 23.4. The van der Waals surface area contributed by atoms with E-state index in [0.717, 1.165) is 45.6 Å². The van der Waals surface area contributed by atoms with Crippen LogP contribution in [0.1, 0.15) is 57.8 Å². The lowest BCUT2D eigenvalue weighted by Gasteiger charge is -2.22. The Labute approximate surface area is 190 Å². The van der Waals surface area contributed by atoms with Gasteiger partial charge in [-0.2, -0.15) is 0 Å². The fraction of sp³-hybridized carbons (Fsp3) is 0.333. The minimum absolute atomic E-state index is 0.264. The van der Waals surface area contributed by atoms with E-state index in [9.17, 15) is 4.79 Å². The van der Waals surface area contributed by atoms with Crippen molar-refractivity contribution < 1.29 is 9.53 Å². The van der Waals surface area contributed by atoms with Crippen LogP contribution in [0.15, 0.2) is 42.5 Å². The molecule has 4 N–H and O–H groups in total. The molecule has 0 bridgehead atoms. The van der Waals surface area contributed by atoms with E-state index in [1.54, 1.807) is 12.1 Å². The molecule has 3 rings (SSSR count). The molecule has 1 aromatic heterocycles. The molecule has 168 valence electrons. The second-order valence-corrected chi connectivity index (χ2v) is 8.80. The molecule has 3 aromatic rings. The number of rotatable bonds is 8. The van der Waals surface area contributed by atoms with Crippen LogP contribution in [0.25, 0.3) is 11.1 Å². The van der Waals surface area contributed by atoms with Crippen LogP contribution >= 0.6 is 0 Å². The van der Waals surface area contributed by atoms with Crippen molar-refractivity contribution in [2.45, 2.75) is 54.2 Å². The Morgan fingerprint density at radius 2 is 1.66 bits per heavy atom. The number of pyridine rings is 1. The molecule has 0 saturated carbocycles. The maximum absolute atomic E-state index is 11.9. The number of aromatic nitrogens is 1. The first-order valence-corrected chi connectivity index (χ1v) is 11.0. The molecular formula is C27H33N3O2. The molecule has 0 radical (unpaired) electrons. The van der Waals surface area contributed by atoms with Crippen molar-refractivity contribution in [3.63, 3.8) is 0 Å². The van der Waals surface area contributed by atoms with Gasteiger partial charge in [-0.25, -0.2) is 0 Å². The van der Waals surface area contributed by atoms with Gasteiger partial charge in [0.1, 0.15) is 12.4 Å². The van der Waals surface area contributed by atoms with E-state index in [-0.39, 0.29) is 6.61 Å². The zero-order valence-corrected chi connectivity index (χ0v) is 19.7. The SMILES string of the molecule is Cc1ccc(-c2c(COc3ccc(C)cc3C(N)=O)c(C)nc(CC(C)C)c2CN)cc1. The van der Waals surface area contributed by atoms with Gasteiger partial charge in [0.2, 0.25) is 0 Å². The number of aryl methyl sites for hydroxylation is 3. The van der Waals surface area contributed by atoms with Gasteiger partial charge < -0.3 is 16.2 Å². The van der Waals surface area contributed by atoms with Crippen LogP contribution in [0, 0.1) is 26.7 Å². The van der Waals surface area contributed by atoms with Crippen LogP contribution in [-0.2, 0) is 19.6 Å². The molecule has 0 saturated heterocycles. The summed E-state index contributed by atoms with van der Waals surface area (Å²) in [6, 6.07) is 13.9. The van der Waals surface area contributed by atoms with E-state index in [1.807, 2.05) is 19.9 Å². The number of hydrogen-bond donors (Lipinski definition) is 2. The second kappa shape index (κ2) is 9.96. The molecule has 0 atom stereocenters. The molecule has 0 fully saturated rings. The normalized spacial score (nSPS) is 11.1. The number of hydrogen-bond acceptors (Lipinski definition) is 4. The third-order valence-corrected chi connectivity index (χ3v) is 5.61. The Kier molecular flexibility index (Phi) is 7.31. The Balaban J connectivity index is 2.13. The highest BCUT2D eigenvalue weighted by Gasteiger charge is 2.20. The first-order chi connectivity index (χ1) is 15.2. The summed E-state index contributed by atoms with van der Waals surface area (Å²) in [5.74, 6) is 0.427. The summed E-state index contributed by atoms with van der Waals surface area (Å²) < 4.78 is 6.15. The number of primary amides is 1. The topological polar surface area (TPSA) is 91.2 Å². The largest absolute Gasteiger partial charge is 0.488 e. The van der Waals surface area contributed by atoms with Gasteiger partial charge in [0, 0.05) is 23.5 Å². The van der Waals surface area contributed by atoms with Gasteiger partial charge in [-0.15, -0.1) is 0 Å². The minimum atomic E-state index is -0.507. The Morgan fingerprint density at radius 3 is 2.25 bits per heavy atom. The van der Waals surface area contributed by atoms with Gasteiger partial charge in [-0.05, 0) is 61.9 Å². The summed E-state index contributed by atoms with van der Waals surface area (Å²) >= 11 is 0. The number of ether oxygens (including phenoxy) is 1. The van der Waals surface area contributed by atoms with Crippen LogP contribution in [-0.4, -0.2) is 10.9 Å². The third kappa shape index (κ3) is 5.17. The summed E-state index contributed by atoms with van der Waals surface area (Å²) in [6.45, 7) is 11.0. The van der Waals surface area contributed by atoms with Crippen molar-refractivity contribution in [2.75, 3.05) is 0 Å². The lowest BCUT2D eigenvalue weighted by atomic mass is 9.90. The molecule has 5 nitrogen and oxygen atoms in total. The molecule has 0 aliphatic heterocycles. The van der Waals surface area contributed by atoms with Gasteiger partial charge in [0.05, 0.1) is 5.56 Å². The highest BCUT2D eigenvalue weighted by atomic mass is 16.5.